The third-order valence-electron chi connectivity index (χ3n) is 4.74. The normalized spacial score (nSPS) is 32.5. The highest BCUT2D eigenvalue weighted by Gasteiger charge is 2.55. The Bertz CT molecular complexity index is 493. The van der Waals surface area contributed by atoms with Gasteiger partial charge in [0.25, 0.3) is 0 Å². The molecule has 6 heteroatoms. The Morgan fingerprint density at radius 2 is 1.59 bits per heavy atom. The molecule has 22 heavy (non-hydrogen) atoms. The van der Waals surface area contributed by atoms with Gasteiger partial charge >= 0.3 is 13.1 Å². The Hall–Kier alpha value is -0.845. The minimum Gasteiger partial charge on any atom is -0.467 e. The van der Waals surface area contributed by atoms with E-state index in [0.29, 0.717) is 6.42 Å². The molecule has 0 radical (unpaired) electrons. The molecule has 0 N–H and O–H groups in total. The lowest BCUT2D eigenvalue weighted by atomic mass is 9.69. The summed E-state index contributed by atoms with van der Waals surface area (Å²) in [5.74, 6) is -0.386. The predicted molar refractivity (Wildman–Crippen MR) is 84.4 cm³/mol. The third kappa shape index (κ3) is 2.96. The van der Waals surface area contributed by atoms with Gasteiger partial charge in [-0.05, 0) is 53.9 Å². The van der Waals surface area contributed by atoms with Gasteiger partial charge in [0, 0.05) is 6.42 Å². The van der Waals surface area contributed by atoms with E-state index in [1.165, 1.54) is 7.11 Å². The molecule has 2 aliphatic heterocycles. The SMILES string of the molecule is COC(=O)C1(C)CC(B2OC(C)(C)C(C)(C)O2)=CC(C)(C)O1. The van der Waals surface area contributed by atoms with Crippen LogP contribution in [0.3, 0.4) is 0 Å². The number of hydrogen-bond acceptors (Lipinski definition) is 5. The fraction of sp³-hybridized carbons (Fsp3) is 0.812. The molecule has 0 amide bonds. The average molecular weight is 310 g/mol. The van der Waals surface area contributed by atoms with Crippen molar-refractivity contribution in [2.45, 2.75) is 77.3 Å². The monoisotopic (exact) mass is 310 g/mol. The molecule has 0 aromatic heterocycles. The van der Waals surface area contributed by atoms with E-state index in [1.807, 2.05) is 47.6 Å². The van der Waals surface area contributed by atoms with Crippen molar-refractivity contribution in [1.29, 1.82) is 0 Å². The summed E-state index contributed by atoms with van der Waals surface area (Å²) < 4.78 is 23.1. The van der Waals surface area contributed by atoms with Gasteiger partial charge < -0.3 is 18.8 Å². The highest BCUT2D eigenvalue weighted by molar-refractivity contribution is 6.54. The van der Waals surface area contributed by atoms with Crippen LogP contribution in [0.1, 0.15) is 54.9 Å². The maximum absolute atomic E-state index is 12.1. The van der Waals surface area contributed by atoms with Crippen molar-refractivity contribution in [1.82, 2.24) is 0 Å². The van der Waals surface area contributed by atoms with Gasteiger partial charge in [0.1, 0.15) is 0 Å². The molecule has 1 saturated heterocycles. The first-order valence-electron chi connectivity index (χ1n) is 7.68. The second-order valence-electron chi connectivity index (χ2n) is 7.91. The highest BCUT2D eigenvalue weighted by atomic mass is 16.7. The molecular formula is C16H27BO5. The standard InChI is InChI=1S/C16H27BO5/c1-13(2)9-11(10-16(7,20-13)12(18)19-8)17-21-14(3,4)15(5,6)22-17/h9H,10H2,1-8H3. The molecule has 2 aliphatic rings. The van der Waals surface area contributed by atoms with Crippen LogP contribution in [0.4, 0.5) is 0 Å². The Morgan fingerprint density at radius 3 is 2.05 bits per heavy atom. The van der Waals surface area contributed by atoms with E-state index in [4.69, 9.17) is 18.8 Å². The first-order valence-corrected chi connectivity index (χ1v) is 7.68. The van der Waals surface area contributed by atoms with Crippen LogP contribution in [0.2, 0.25) is 0 Å². The van der Waals surface area contributed by atoms with Crippen LogP contribution >= 0.6 is 0 Å². The molecule has 2 heterocycles. The number of rotatable bonds is 2. The lowest BCUT2D eigenvalue weighted by molar-refractivity contribution is -0.182. The quantitative estimate of drug-likeness (QED) is 0.580. The van der Waals surface area contributed by atoms with Gasteiger partial charge in [-0.25, -0.2) is 4.79 Å². The first-order chi connectivity index (χ1) is 9.82. The summed E-state index contributed by atoms with van der Waals surface area (Å²) in [7, 11) is 0.897. The van der Waals surface area contributed by atoms with Crippen molar-refractivity contribution in [3.05, 3.63) is 11.5 Å². The summed E-state index contributed by atoms with van der Waals surface area (Å²) in [6.07, 6.45) is 2.37. The van der Waals surface area contributed by atoms with Gasteiger partial charge in [-0.1, -0.05) is 6.08 Å². The second kappa shape index (κ2) is 5.08. The predicted octanol–water partition coefficient (Wildman–Crippen LogP) is 2.67. The third-order valence-corrected chi connectivity index (χ3v) is 4.74. The smallest absolute Gasteiger partial charge is 0.467 e. The molecule has 0 aliphatic carbocycles. The number of esters is 1. The average Bonchev–Trinajstić information content (AvgIpc) is 2.55. The van der Waals surface area contributed by atoms with Crippen LogP contribution in [-0.2, 0) is 23.6 Å². The Kier molecular flexibility index (Phi) is 4.04. The first kappa shape index (κ1) is 17.5. The van der Waals surface area contributed by atoms with Gasteiger partial charge in [-0.3, -0.25) is 0 Å². The molecule has 1 unspecified atom stereocenters. The molecular weight excluding hydrogens is 283 g/mol. The maximum Gasteiger partial charge on any atom is 0.490 e. The van der Waals surface area contributed by atoms with Crippen molar-refractivity contribution in [2.24, 2.45) is 0 Å². The minimum atomic E-state index is -1.04. The molecule has 5 nitrogen and oxygen atoms in total. The van der Waals surface area contributed by atoms with E-state index in [2.05, 4.69) is 0 Å². The van der Waals surface area contributed by atoms with Gasteiger partial charge in [-0.15, -0.1) is 0 Å². The Balaban J connectivity index is 2.32. The summed E-state index contributed by atoms with van der Waals surface area (Å²) in [5.41, 5.74) is -1.54. The second-order valence-corrected chi connectivity index (χ2v) is 7.91. The lowest BCUT2D eigenvalue weighted by Crippen LogP contribution is -2.50. The molecule has 0 aromatic rings. The van der Waals surface area contributed by atoms with Gasteiger partial charge in [0.05, 0.1) is 23.9 Å². The van der Waals surface area contributed by atoms with E-state index < -0.39 is 29.5 Å². The molecule has 124 valence electrons. The zero-order valence-corrected chi connectivity index (χ0v) is 14.9. The van der Waals surface area contributed by atoms with E-state index in [-0.39, 0.29) is 5.97 Å². The maximum atomic E-state index is 12.1. The highest BCUT2D eigenvalue weighted by Crippen LogP contribution is 2.43. The van der Waals surface area contributed by atoms with Gasteiger partial charge in [0.15, 0.2) is 5.60 Å². The molecule has 2 rings (SSSR count). The fourth-order valence-corrected chi connectivity index (χ4v) is 3.01. The Morgan fingerprint density at radius 1 is 1.09 bits per heavy atom. The van der Waals surface area contributed by atoms with Gasteiger partial charge in [0.2, 0.25) is 0 Å². The molecule has 0 saturated carbocycles. The van der Waals surface area contributed by atoms with E-state index >= 15 is 0 Å². The summed E-state index contributed by atoms with van der Waals surface area (Å²) in [6, 6.07) is 0. The summed E-state index contributed by atoms with van der Waals surface area (Å²) in [6.45, 7) is 13.6. The van der Waals surface area contributed by atoms with Crippen molar-refractivity contribution in [2.75, 3.05) is 7.11 Å². The largest absolute Gasteiger partial charge is 0.490 e. The molecule has 1 fully saturated rings. The molecule has 1 atom stereocenters. The number of carbonyl (C=O) groups is 1. The summed E-state index contributed by atoms with van der Waals surface area (Å²) in [5, 5.41) is 0. The molecule has 0 bridgehead atoms. The van der Waals surface area contributed by atoms with Gasteiger partial charge in [-0.2, -0.15) is 0 Å². The van der Waals surface area contributed by atoms with Crippen LogP contribution in [0.25, 0.3) is 0 Å². The molecule has 0 aromatic carbocycles. The van der Waals surface area contributed by atoms with Crippen molar-refractivity contribution < 1.29 is 23.6 Å². The van der Waals surface area contributed by atoms with E-state index in [1.54, 1.807) is 6.92 Å². The van der Waals surface area contributed by atoms with Crippen molar-refractivity contribution >= 4 is 13.1 Å². The number of carbonyl (C=O) groups excluding carboxylic acids is 1. The van der Waals surface area contributed by atoms with Crippen LogP contribution < -0.4 is 0 Å². The zero-order valence-electron chi connectivity index (χ0n) is 14.9. The number of hydrogen-bond donors (Lipinski definition) is 0. The fourth-order valence-electron chi connectivity index (χ4n) is 3.01. The van der Waals surface area contributed by atoms with Crippen molar-refractivity contribution in [3.8, 4) is 0 Å². The lowest BCUT2D eigenvalue weighted by Gasteiger charge is -2.40. The summed E-state index contributed by atoms with van der Waals surface area (Å²) >= 11 is 0. The van der Waals surface area contributed by atoms with E-state index in [0.717, 1.165) is 5.47 Å². The van der Waals surface area contributed by atoms with Crippen molar-refractivity contribution in [3.63, 3.8) is 0 Å². The topological polar surface area (TPSA) is 54.0 Å². The Labute approximate surface area is 133 Å². The van der Waals surface area contributed by atoms with E-state index in [9.17, 15) is 4.79 Å². The molecule has 0 spiro atoms. The number of methoxy groups -OCH3 is 1. The van der Waals surface area contributed by atoms with Crippen LogP contribution in [0.5, 0.6) is 0 Å². The van der Waals surface area contributed by atoms with Crippen LogP contribution in [0, 0.1) is 0 Å². The van der Waals surface area contributed by atoms with Crippen LogP contribution in [-0.4, -0.2) is 42.6 Å². The van der Waals surface area contributed by atoms with Crippen LogP contribution in [0.15, 0.2) is 11.5 Å². The minimum absolute atomic E-state index is 0.386. The summed E-state index contributed by atoms with van der Waals surface area (Å²) in [4.78, 5) is 12.1. The zero-order chi connectivity index (χ0) is 17.0. The number of ether oxygens (including phenoxy) is 2.